The first kappa shape index (κ1) is 24.3. The fourth-order valence-electron chi connectivity index (χ4n) is 2.49. The number of ether oxygens (including phenoxy) is 2. The van der Waals surface area contributed by atoms with Crippen LogP contribution in [0.5, 0.6) is 0 Å². The molecule has 0 aromatic rings. The largest absolute Gasteiger partial charge is 0.396 e. The van der Waals surface area contributed by atoms with E-state index < -0.39 is 43.4 Å². The van der Waals surface area contributed by atoms with Crippen molar-refractivity contribution in [1.29, 1.82) is 0 Å². The second kappa shape index (κ2) is 14.3. The van der Waals surface area contributed by atoms with Crippen LogP contribution in [0.2, 0.25) is 0 Å². The molecule has 1 aliphatic heterocycles. The van der Waals surface area contributed by atoms with Gasteiger partial charge in [-0.25, -0.2) is 0 Å². The molecule has 6 unspecified atom stereocenters. The van der Waals surface area contributed by atoms with Crippen molar-refractivity contribution in [3.63, 3.8) is 0 Å². The molecule has 1 heterocycles. The van der Waals surface area contributed by atoms with E-state index in [1.54, 1.807) is 12.2 Å². The normalized spacial score (nSPS) is 28.6. The summed E-state index contributed by atoms with van der Waals surface area (Å²) >= 11 is 0. The van der Waals surface area contributed by atoms with Crippen molar-refractivity contribution in [2.24, 2.45) is 0 Å². The summed E-state index contributed by atoms with van der Waals surface area (Å²) in [4.78, 5) is 0. The molecule has 0 amide bonds. The predicted molar refractivity (Wildman–Crippen MR) is 100 cm³/mol. The zero-order valence-electron chi connectivity index (χ0n) is 15.5. The summed E-state index contributed by atoms with van der Waals surface area (Å²) in [5.74, 6) is 10.6. The molecule has 0 aromatic heterocycles. The van der Waals surface area contributed by atoms with Crippen molar-refractivity contribution >= 4 is 0 Å². The number of hydrogen-bond donors (Lipinski definition) is 6. The second-order valence-corrected chi connectivity index (χ2v) is 6.07. The van der Waals surface area contributed by atoms with Crippen LogP contribution in [-0.2, 0) is 9.47 Å². The lowest BCUT2D eigenvalue weighted by Crippen LogP contribution is -2.59. The fourth-order valence-corrected chi connectivity index (χ4v) is 2.49. The van der Waals surface area contributed by atoms with Gasteiger partial charge >= 0.3 is 0 Å². The van der Waals surface area contributed by atoms with E-state index >= 15 is 0 Å². The number of rotatable bonds is 9. The molecule has 8 heteroatoms. The van der Waals surface area contributed by atoms with Crippen LogP contribution < -0.4 is 0 Å². The first-order valence-electron chi connectivity index (χ1n) is 9.03. The minimum Gasteiger partial charge on any atom is -0.396 e. The number of allylic oxidation sites excluding steroid dienone is 3. The van der Waals surface area contributed by atoms with Gasteiger partial charge in [0, 0.05) is 6.61 Å². The molecule has 1 saturated heterocycles. The van der Waals surface area contributed by atoms with E-state index in [0.29, 0.717) is 12.8 Å². The van der Waals surface area contributed by atoms with Gasteiger partial charge in [0.25, 0.3) is 0 Å². The summed E-state index contributed by atoms with van der Waals surface area (Å²) in [6.45, 7) is -0.736. The van der Waals surface area contributed by atoms with Crippen LogP contribution in [0.4, 0.5) is 0 Å². The van der Waals surface area contributed by atoms with Crippen LogP contribution in [0.3, 0.4) is 0 Å². The Morgan fingerprint density at radius 3 is 2.18 bits per heavy atom. The average Bonchev–Trinajstić information content (AvgIpc) is 2.69. The molecule has 0 bridgehead atoms. The number of aliphatic hydroxyl groups excluding tert-OH is 6. The lowest BCUT2D eigenvalue weighted by molar-refractivity contribution is -0.312. The third kappa shape index (κ3) is 8.53. The van der Waals surface area contributed by atoms with Gasteiger partial charge in [-0.05, 0) is 43.3 Å². The molecule has 0 spiro atoms. The van der Waals surface area contributed by atoms with Crippen molar-refractivity contribution in [2.45, 2.75) is 56.1 Å². The summed E-state index contributed by atoms with van der Waals surface area (Å²) in [5, 5.41) is 56.5. The Morgan fingerprint density at radius 1 is 0.893 bits per heavy atom. The van der Waals surface area contributed by atoms with Crippen LogP contribution in [-0.4, -0.2) is 87.3 Å². The highest BCUT2D eigenvalue weighted by molar-refractivity contribution is 5.33. The molecule has 8 nitrogen and oxygen atoms in total. The topological polar surface area (TPSA) is 140 Å². The molecule has 156 valence electrons. The van der Waals surface area contributed by atoms with Gasteiger partial charge in [0.15, 0.2) is 6.29 Å². The predicted octanol–water partition coefficient (Wildman–Crippen LogP) is -1.55. The van der Waals surface area contributed by atoms with Crippen molar-refractivity contribution in [2.75, 3.05) is 19.8 Å². The molecular weight excluding hydrogens is 368 g/mol. The monoisotopic (exact) mass is 396 g/mol. The van der Waals surface area contributed by atoms with E-state index in [4.69, 9.17) is 14.6 Å². The molecule has 6 N–H and O–H groups in total. The van der Waals surface area contributed by atoms with Gasteiger partial charge in [0.05, 0.1) is 19.3 Å². The van der Waals surface area contributed by atoms with Gasteiger partial charge in [0.2, 0.25) is 0 Å². The quantitative estimate of drug-likeness (QED) is 0.257. The molecular formula is C20H28O8. The van der Waals surface area contributed by atoms with Gasteiger partial charge < -0.3 is 40.1 Å². The molecule has 0 aliphatic carbocycles. The minimum atomic E-state index is -1.51. The van der Waals surface area contributed by atoms with Gasteiger partial charge in [0.1, 0.15) is 24.4 Å². The highest BCUT2D eigenvalue weighted by atomic mass is 16.7. The van der Waals surface area contributed by atoms with Gasteiger partial charge in [-0.2, -0.15) is 0 Å². The molecule has 0 saturated carbocycles. The fraction of sp³-hybridized carbons (Fsp3) is 0.600. The summed E-state index contributed by atoms with van der Waals surface area (Å²) in [6, 6.07) is 0. The van der Waals surface area contributed by atoms with E-state index in [-0.39, 0.29) is 19.6 Å². The standard InChI is InChI=1S/C20H28O8/c21-12-9-7-5-3-1-2-4-6-8-10-15(11-13-22)27-20-19(26)18(25)17(24)16(14-23)28-20/h4,6-7,9,15-26H,8,10-14H2/b6-4+,9-7+. The smallest absolute Gasteiger partial charge is 0.186 e. The van der Waals surface area contributed by atoms with E-state index in [9.17, 15) is 25.5 Å². The highest BCUT2D eigenvalue weighted by Gasteiger charge is 2.44. The molecule has 1 fully saturated rings. The maximum atomic E-state index is 10.0. The minimum absolute atomic E-state index is 0.0672. The Balaban J connectivity index is 2.52. The van der Waals surface area contributed by atoms with Gasteiger partial charge in [-0.15, -0.1) is 0 Å². The molecule has 28 heavy (non-hydrogen) atoms. The Morgan fingerprint density at radius 2 is 1.57 bits per heavy atom. The van der Waals surface area contributed by atoms with Crippen molar-refractivity contribution < 1.29 is 40.1 Å². The zero-order chi connectivity index (χ0) is 20.8. The van der Waals surface area contributed by atoms with Gasteiger partial charge in [-0.3, -0.25) is 0 Å². The lowest BCUT2D eigenvalue weighted by atomic mass is 9.99. The molecule has 0 radical (unpaired) electrons. The third-order valence-corrected chi connectivity index (χ3v) is 4.00. The maximum Gasteiger partial charge on any atom is 0.186 e. The van der Waals surface area contributed by atoms with Crippen molar-refractivity contribution in [3.8, 4) is 23.7 Å². The second-order valence-electron chi connectivity index (χ2n) is 6.07. The SMILES string of the molecule is OC/C=C/C#CC#C/C=C/CCC(CCO)OC1OC(CO)C(O)C(O)C1O. The molecule has 1 rings (SSSR count). The van der Waals surface area contributed by atoms with Gasteiger partial charge in [-0.1, -0.05) is 24.0 Å². The van der Waals surface area contributed by atoms with Crippen LogP contribution in [0.25, 0.3) is 0 Å². The van der Waals surface area contributed by atoms with E-state index in [2.05, 4.69) is 23.7 Å². The van der Waals surface area contributed by atoms with Crippen molar-refractivity contribution in [3.05, 3.63) is 24.3 Å². The zero-order valence-corrected chi connectivity index (χ0v) is 15.5. The maximum absolute atomic E-state index is 10.0. The highest BCUT2D eigenvalue weighted by Crippen LogP contribution is 2.24. The number of aliphatic hydroxyl groups is 6. The Kier molecular flexibility index (Phi) is 12.4. The van der Waals surface area contributed by atoms with Crippen LogP contribution in [0.1, 0.15) is 19.3 Å². The Labute approximate surface area is 164 Å². The van der Waals surface area contributed by atoms with Crippen molar-refractivity contribution in [1.82, 2.24) is 0 Å². The van der Waals surface area contributed by atoms with Crippen LogP contribution >= 0.6 is 0 Å². The average molecular weight is 396 g/mol. The lowest BCUT2D eigenvalue weighted by Gasteiger charge is -2.40. The third-order valence-electron chi connectivity index (χ3n) is 4.00. The molecule has 6 atom stereocenters. The van der Waals surface area contributed by atoms with E-state index in [1.807, 2.05) is 0 Å². The first-order valence-corrected chi connectivity index (χ1v) is 9.03. The van der Waals surface area contributed by atoms with E-state index in [1.165, 1.54) is 12.2 Å². The van der Waals surface area contributed by atoms with Crippen LogP contribution in [0, 0.1) is 23.7 Å². The summed E-state index contributed by atoms with van der Waals surface area (Å²) in [6.07, 6.45) is 0.660. The van der Waals surface area contributed by atoms with E-state index in [0.717, 1.165) is 0 Å². The Hall–Kier alpha value is -1.72. The summed E-state index contributed by atoms with van der Waals surface area (Å²) in [7, 11) is 0. The summed E-state index contributed by atoms with van der Waals surface area (Å²) < 4.78 is 11.0. The van der Waals surface area contributed by atoms with Crippen LogP contribution in [0.15, 0.2) is 24.3 Å². The number of hydrogen-bond acceptors (Lipinski definition) is 8. The Bertz CT molecular complexity index is 607. The first-order chi connectivity index (χ1) is 13.5. The summed E-state index contributed by atoms with van der Waals surface area (Å²) in [5.41, 5.74) is 0. The molecule has 0 aromatic carbocycles. The molecule has 1 aliphatic rings.